The molecule has 0 heterocycles. The highest BCUT2D eigenvalue weighted by Crippen LogP contribution is 2.64. The zero-order valence-corrected chi connectivity index (χ0v) is 26.9. The summed E-state index contributed by atoms with van der Waals surface area (Å²) in [5.41, 5.74) is 1.64. The average molecular weight is 571 g/mol. The fourth-order valence-electron chi connectivity index (χ4n) is 9.19. The van der Waals surface area contributed by atoms with Crippen LogP contribution in [-0.4, -0.2) is 25.7 Å². The summed E-state index contributed by atoms with van der Waals surface area (Å²) in [6.07, 6.45) is 26.0. The lowest BCUT2D eigenvalue weighted by Gasteiger charge is -2.57. The van der Waals surface area contributed by atoms with E-state index in [9.17, 15) is 13.2 Å². The van der Waals surface area contributed by atoms with E-state index in [1.54, 1.807) is 0 Å². The standard InChI is InChI=1S/C36H58O3S/c1-4-5-6-7-8-9-10-11-12-13-14-15-16-17-26-40(38,39)28-29-22-24-35(2)30(27-29)18-19-31-32-20-21-34(37)36(32,3)25-23-33(31)35/h18,29,31-33H,4-15,19-28H2,1-3H3/t29-,31-,32-,33-,35-,36-/m0/s1. The van der Waals surface area contributed by atoms with E-state index in [0.717, 1.165) is 64.2 Å². The summed E-state index contributed by atoms with van der Waals surface area (Å²) < 4.78 is 25.8. The van der Waals surface area contributed by atoms with Crippen molar-refractivity contribution in [3.63, 3.8) is 0 Å². The molecule has 0 saturated heterocycles. The number of hydrogen-bond acceptors (Lipinski definition) is 3. The molecule has 0 bridgehead atoms. The van der Waals surface area contributed by atoms with Crippen LogP contribution in [0.15, 0.2) is 11.6 Å². The van der Waals surface area contributed by atoms with Crippen LogP contribution in [0, 0.1) is 46.3 Å². The molecule has 40 heavy (non-hydrogen) atoms. The number of unbranched alkanes of at least 4 members (excludes halogenated alkanes) is 11. The number of sulfone groups is 1. The van der Waals surface area contributed by atoms with Crippen molar-refractivity contribution in [3.8, 4) is 11.8 Å². The Labute approximate surface area is 247 Å². The number of fused-ring (bicyclic) bond motifs is 5. The van der Waals surface area contributed by atoms with Crippen molar-refractivity contribution < 1.29 is 13.2 Å². The normalized spacial score (nSPS) is 33.4. The van der Waals surface area contributed by atoms with Crippen LogP contribution in [0.2, 0.25) is 0 Å². The van der Waals surface area contributed by atoms with Crippen LogP contribution < -0.4 is 0 Å². The summed E-state index contributed by atoms with van der Waals surface area (Å²) in [5, 5.41) is 0. The van der Waals surface area contributed by atoms with Gasteiger partial charge in [0.25, 0.3) is 0 Å². The molecular formula is C36H58O3S. The van der Waals surface area contributed by atoms with E-state index in [0.29, 0.717) is 23.5 Å². The van der Waals surface area contributed by atoms with Crippen LogP contribution in [0.25, 0.3) is 0 Å². The Bertz CT molecular complexity index is 1050. The number of allylic oxidation sites excluding steroid dienone is 2. The first-order valence-corrected chi connectivity index (χ1v) is 18.9. The predicted molar refractivity (Wildman–Crippen MR) is 168 cm³/mol. The van der Waals surface area contributed by atoms with E-state index in [1.807, 2.05) is 0 Å². The monoisotopic (exact) mass is 570 g/mol. The zero-order chi connectivity index (χ0) is 28.6. The highest BCUT2D eigenvalue weighted by Gasteiger charge is 2.58. The number of ketones is 1. The third-order valence-corrected chi connectivity index (χ3v) is 13.3. The molecule has 0 amide bonds. The Balaban J connectivity index is 1.15. The molecular weight excluding hydrogens is 512 g/mol. The Kier molecular flexibility index (Phi) is 11.5. The van der Waals surface area contributed by atoms with Crippen molar-refractivity contribution in [2.24, 2.45) is 34.5 Å². The Morgan fingerprint density at radius 3 is 2.15 bits per heavy atom. The maximum atomic E-state index is 12.9. The fraction of sp³-hybridized carbons (Fsp3) is 0.861. The summed E-state index contributed by atoms with van der Waals surface area (Å²) in [5.74, 6) is 9.05. The van der Waals surface area contributed by atoms with Gasteiger partial charge in [-0.15, -0.1) is 5.92 Å². The van der Waals surface area contributed by atoms with Gasteiger partial charge in [-0.25, -0.2) is 8.42 Å². The van der Waals surface area contributed by atoms with E-state index in [-0.39, 0.29) is 28.3 Å². The van der Waals surface area contributed by atoms with Gasteiger partial charge < -0.3 is 0 Å². The molecule has 0 aromatic carbocycles. The van der Waals surface area contributed by atoms with Crippen LogP contribution in [-0.2, 0) is 14.6 Å². The number of carbonyl (C=O) groups is 1. The molecule has 4 heteroatoms. The van der Waals surface area contributed by atoms with Crippen LogP contribution in [0.1, 0.15) is 149 Å². The summed E-state index contributed by atoms with van der Waals surface area (Å²) >= 11 is 0. The number of hydrogen-bond donors (Lipinski definition) is 0. The van der Waals surface area contributed by atoms with Gasteiger partial charge in [-0.3, -0.25) is 4.79 Å². The van der Waals surface area contributed by atoms with Gasteiger partial charge in [-0.05, 0) is 80.5 Å². The topological polar surface area (TPSA) is 51.2 Å². The number of rotatable bonds is 14. The van der Waals surface area contributed by atoms with E-state index < -0.39 is 9.84 Å². The van der Waals surface area contributed by atoms with Gasteiger partial charge in [-0.1, -0.05) is 103 Å². The molecule has 4 aliphatic carbocycles. The van der Waals surface area contributed by atoms with Crippen molar-refractivity contribution in [1.29, 1.82) is 0 Å². The van der Waals surface area contributed by atoms with Crippen LogP contribution in [0.5, 0.6) is 0 Å². The van der Waals surface area contributed by atoms with E-state index in [4.69, 9.17) is 0 Å². The van der Waals surface area contributed by atoms with E-state index in [1.165, 1.54) is 69.8 Å². The average Bonchev–Trinajstić information content (AvgIpc) is 3.23. The van der Waals surface area contributed by atoms with Gasteiger partial charge in [0, 0.05) is 18.3 Å². The second kappa shape index (κ2) is 14.4. The first kappa shape index (κ1) is 31.8. The van der Waals surface area contributed by atoms with Gasteiger partial charge in [0.2, 0.25) is 0 Å². The lowest BCUT2D eigenvalue weighted by atomic mass is 9.47. The van der Waals surface area contributed by atoms with Crippen molar-refractivity contribution in [2.75, 3.05) is 11.5 Å². The van der Waals surface area contributed by atoms with Crippen molar-refractivity contribution in [1.82, 2.24) is 0 Å². The molecule has 4 aliphatic rings. The molecule has 6 atom stereocenters. The molecule has 0 N–H and O–H groups in total. The van der Waals surface area contributed by atoms with Gasteiger partial charge in [0.15, 0.2) is 9.84 Å². The minimum atomic E-state index is -3.14. The molecule has 0 spiro atoms. The van der Waals surface area contributed by atoms with Crippen molar-refractivity contribution in [2.45, 2.75) is 149 Å². The quantitative estimate of drug-likeness (QED) is 0.119. The molecule has 4 rings (SSSR count). The molecule has 0 aliphatic heterocycles. The van der Waals surface area contributed by atoms with Gasteiger partial charge in [0.05, 0.1) is 5.75 Å². The predicted octanol–water partition coefficient (Wildman–Crippen LogP) is 9.25. The summed E-state index contributed by atoms with van der Waals surface area (Å²) in [6.45, 7) is 6.97. The van der Waals surface area contributed by atoms with Crippen molar-refractivity contribution >= 4 is 15.6 Å². The second-order valence-corrected chi connectivity index (χ2v) is 16.6. The first-order valence-electron chi connectivity index (χ1n) is 17.1. The highest BCUT2D eigenvalue weighted by atomic mass is 32.2. The zero-order valence-electron chi connectivity index (χ0n) is 26.1. The van der Waals surface area contributed by atoms with Gasteiger partial charge in [0.1, 0.15) is 11.5 Å². The number of carbonyl (C=O) groups excluding carboxylic acids is 1. The fourth-order valence-corrected chi connectivity index (χ4v) is 10.6. The molecule has 0 aromatic rings. The number of Topliss-reactive ketones (excluding diaryl/α,β-unsaturated/α-hetero) is 1. The molecule has 226 valence electrons. The first-order chi connectivity index (χ1) is 19.2. The Hall–Kier alpha value is -1.08. The smallest absolute Gasteiger partial charge is 0.161 e. The van der Waals surface area contributed by atoms with Gasteiger partial charge in [-0.2, -0.15) is 0 Å². The minimum Gasteiger partial charge on any atom is -0.299 e. The van der Waals surface area contributed by atoms with E-state index >= 15 is 0 Å². The molecule has 0 radical (unpaired) electrons. The Morgan fingerprint density at radius 1 is 0.825 bits per heavy atom. The summed E-state index contributed by atoms with van der Waals surface area (Å²) in [6, 6.07) is 0. The lowest BCUT2D eigenvalue weighted by molar-refractivity contribution is -0.131. The highest BCUT2D eigenvalue weighted by molar-refractivity contribution is 7.91. The maximum Gasteiger partial charge on any atom is 0.161 e. The maximum absolute atomic E-state index is 12.9. The van der Waals surface area contributed by atoms with Crippen LogP contribution in [0.3, 0.4) is 0 Å². The molecule has 3 nitrogen and oxygen atoms in total. The SMILES string of the molecule is CCCCCCCCCCCCCC#CCS(=O)(=O)C[C@H]1CC[C@@]2(C)C(=CC[C@@H]3[C@@H]2CC[C@]2(C)C(=O)CC[C@@H]32)C1. The minimum absolute atomic E-state index is 0.0246. The van der Waals surface area contributed by atoms with Gasteiger partial charge >= 0.3 is 0 Å². The van der Waals surface area contributed by atoms with E-state index in [2.05, 4.69) is 38.7 Å². The Morgan fingerprint density at radius 2 is 1.45 bits per heavy atom. The van der Waals surface area contributed by atoms with Crippen LogP contribution >= 0.6 is 0 Å². The van der Waals surface area contributed by atoms with Crippen LogP contribution in [0.4, 0.5) is 0 Å². The molecule has 0 unspecified atom stereocenters. The third kappa shape index (κ3) is 7.65. The molecule has 3 fully saturated rings. The summed E-state index contributed by atoms with van der Waals surface area (Å²) in [7, 11) is -3.14. The molecule has 3 saturated carbocycles. The third-order valence-electron chi connectivity index (χ3n) is 11.7. The lowest BCUT2D eigenvalue weighted by Crippen LogP contribution is -2.50. The second-order valence-electron chi connectivity index (χ2n) is 14.5. The van der Waals surface area contributed by atoms with Crippen molar-refractivity contribution in [3.05, 3.63) is 11.6 Å². The largest absolute Gasteiger partial charge is 0.299 e. The summed E-state index contributed by atoms with van der Waals surface area (Å²) in [4.78, 5) is 12.7. The molecule has 0 aromatic heterocycles.